The summed E-state index contributed by atoms with van der Waals surface area (Å²) in [7, 11) is 0. The number of halogens is 1. The van der Waals surface area contributed by atoms with E-state index in [1.165, 1.54) is 6.92 Å². The predicted molar refractivity (Wildman–Crippen MR) is 69.7 cm³/mol. The zero-order valence-electron chi connectivity index (χ0n) is 10.7. The van der Waals surface area contributed by atoms with Crippen LogP contribution in [0.2, 0.25) is 0 Å². The van der Waals surface area contributed by atoms with Crippen molar-refractivity contribution < 1.29 is 9.53 Å². The molecule has 1 heterocycles. The molecule has 18 heavy (non-hydrogen) atoms. The molecular formula is C12H16BrN3O2. The van der Waals surface area contributed by atoms with Crippen molar-refractivity contribution in [3.8, 4) is 6.07 Å². The Labute approximate surface area is 115 Å². The molecule has 0 aromatic carbocycles. The first kappa shape index (κ1) is 14.7. The molecule has 98 valence electrons. The highest BCUT2D eigenvalue weighted by Crippen LogP contribution is 2.32. The Bertz CT molecular complexity index is 476. The van der Waals surface area contributed by atoms with Gasteiger partial charge in [-0.05, 0) is 29.3 Å². The quantitative estimate of drug-likeness (QED) is 0.784. The van der Waals surface area contributed by atoms with Crippen LogP contribution < -0.4 is 0 Å². The SMILES string of the molecule is CCCC(OC(C)=O)c1c(Br)c(C#N)nn1CC. The van der Waals surface area contributed by atoms with Gasteiger partial charge in [0.05, 0.1) is 10.2 Å². The molecule has 0 spiro atoms. The van der Waals surface area contributed by atoms with Crippen molar-refractivity contribution in [2.75, 3.05) is 0 Å². The zero-order valence-corrected chi connectivity index (χ0v) is 12.3. The van der Waals surface area contributed by atoms with Crippen LogP contribution >= 0.6 is 15.9 Å². The van der Waals surface area contributed by atoms with E-state index in [0.29, 0.717) is 23.1 Å². The predicted octanol–water partition coefficient (Wildman–Crippen LogP) is 2.94. The van der Waals surface area contributed by atoms with Crippen molar-refractivity contribution >= 4 is 21.9 Å². The molecule has 0 aliphatic carbocycles. The third-order valence-electron chi connectivity index (χ3n) is 2.50. The van der Waals surface area contributed by atoms with E-state index in [9.17, 15) is 4.79 Å². The summed E-state index contributed by atoms with van der Waals surface area (Å²) >= 11 is 3.37. The molecule has 0 N–H and O–H groups in total. The summed E-state index contributed by atoms with van der Waals surface area (Å²) in [6.45, 7) is 5.95. The molecule has 0 saturated carbocycles. The van der Waals surface area contributed by atoms with Gasteiger partial charge in [-0.15, -0.1) is 0 Å². The van der Waals surface area contributed by atoms with Crippen LogP contribution in [0.4, 0.5) is 0 Å². The first-order valence-corrected chi connectivity index (χ1v) is 6.67. The molecule has 1 rings (SSSR count). The highest BCUT2D eigenvalue weighted by molar-refractivity contribution is 9.10. The van der Waals surface area contributed by atoms with Crippen LogP contribution in [-0.4, -0.2) is 15.7 Å². The molecule has 0 aliphatic heterocycles. The summed E-state index contributed by atoms with van der Waals surface area (Å²) in [5, 5.41) is 13.2. The summed E-state index contributed by atoms with van der Waals surface area (Å²) in [5.74, 6) is -0.331. The Morgan fingerprint density at radius 3 is 2.72 bits per heavy atom. The molecule has 0 radical (unpaired) electrons. The normalized spacial score (nSPS) is 11.9. The fourth-order valence-electron chi connectivity index (χ4n) is 1.79. The van der Waals surface area contributed by atoms with Gasteiger partial charge in [-0.25, -0.2) is 0 Å². The number of aromatic nitrogens is 2. The van der Waals surface area contributed by atoms with Crippen molar-refractivity contribution in [2.45, 2.75) is 46.3 Å². The van der Waals surface area contributed by atoms with Crippen molar-refractivity contribution in [1.82, 2.24) is 9.78 Å². The maximum absolute atomic E-state index is 11.2. The second kappa shape index (κ2) is 6.55. The first-order valence-electron chi connectivity index (χ1n) is 5.88. The number of nitriles is 1. The molecule has 0 fully saturated rings. The molecule has 0 amide bonds. The van der Waals surface area contributed by atoms with Crippen LogP contribution in [0.5, 0.6) is 0 Å². The number of hydrogen-bond acceptors (Lipinski definition) is 4. The fraction of sp³-hybridized carbons (Fsp3) is 0.583. The van der Waals surface area contributed by atoms with Crippen LogP contribution in [0.15, 0.2) is 4.47 Å². The van der Waals surface area contributed by atoms with E-state index in [-0.39, 0.29) is 12.1 Å². The minimum absolute atomic E-state index is 0.320. The number of carbonyl (C=O) groups is 1. The largest absolute Gasteiger partial charge is 0.456 e. The lowest BCUT2D eigenvalue weighted by atomic mass is 10.1. The maximum Gasteiger partial charge on any atom is 0.303 e. The molecule has 0 saturated heterocycles. The number of hydrogen-bond donors (Lipinski definition) is 0. The van der Waals surface area contributed by atoms with E-state index < -0.39 is 0 Å². The Morgan fingerprint density at radius 2 is 2.28 bits per heavy atom. The summed E-state index contributed by atoms with van der Waals surface area (Å²) in [5.41, 5.74) is 1.08. The number of nitrogens with zero attached hydrogens (tertiary/aromatic N) is 3. The van der Waals surface area contributed by atoms with Crippen molar-refractivity contribution in [2.24, 2.45) is 0 Å². The van der Waals surface area contributed by atoms with E-state index in [2.05, 4.69) is 21.0 Å². The van der Waals surface area contributed by atoms with Crippen LogP contribution in [-0.2, 0) is 16.1 Å². The Balaban J connectivity index is 3.21. The summed E-state index contributed by atoms with van der Waals surface area (Å²) in [4.78, 5) is 11.2. The number of ether oxygens (including phenoxy) is 1. The molecule has 1 aromatic rings. The fourth-order valence-corrected chi connectivity index (χ4v) is 2.42. The second-order valence-electron chi connectivity index (χ2n) is 3.86. The van der Waals surface area contributed by atoms with Gasteiger partial charge in [0.2, 0.25) is 0 Å². The average Bonchev–Trinajstić information content (AvgIpc) is 2.64. The molecule has 6 heteroatoms. The van der Waals surface area contributed by atoms with Gasteiger partial charge in [-0.1, -0.05) is 13.3 Å². The van der Waals surface area contributed by atoms with E-state index >= 15 is 0 Å². The number of carbonyl (C=O) groups excluding carboxylic acids is 1. The van der Waals surface area contributed by atoms with Gasteiger partial charge in [0.15, 0.2) is 5.69 Å². The van der Waals surface area contributed by atoms with Crippen LogP contribution in [0, 0.1) is 11.3 Å². The van der Waals surface area contributed by atoms with Gasteiger partial charge >= 0.3 is 5.97 Å². The Morgan fingerprint density at radius 1 is 1.61 bits per heavy atom. The summed E-state index contributed by atoms with van der Waals surface area (Å²) in [6.07, 6.45) is 1.21. The lowest BCUT2D eigenvalue weighted by molar-refractivity contribution is -0.147. The van der Waals surface area contributed by atoms with E-state index in [1.54, 1.807) is 4.68 Å². The third-order valence-corrected chi connectivity index (χ3v) is 3.28. The lowest BCUT2D eigenvalue weighted by Crippen LogP contribution is -2.14. The van der Waals surface area contributed by atoms with Crippen LogP contribution in [0.25, 0.3) is 0 Å². The summed E-state index contributed by atoms with van der Waals surface area (Å²) < 4.78 is 7.64. The van der Waals surface area contributed by atoms with E-state index in [1.807, 2.05) is 19.9 Å². The van der Waals surface area contributed by atoms with Gasteiger partial charge in [0.25, 0.3) is 0 Å². The Hall–Kier alpha value is -1.35. The molecule has 1 unspecified atom stereocenters. The average molecular weight is 314 g/mol. The molecular weight excluding hydrogens is 298 g/mol. The highest BCUT2D eigenvalue weighted by Gasteiger charge is 2.25. The van der Waals surface area contributed by atoms with E-state index in [0.717, 1.165) is 12.1 Å². The molecule has 1 atom stereocenters. The van der Waals surface area contributed by atoms with Gasteiger partial charge in [0.1, 0.15) is 12.2 Å². The number of aryl methyl sites for hydroxylation is 1. The molecule has 0 aliphatic rings. The molecule has 1 aromatic heterocycles. The summed E-state index contributed by atoms with van der Waals surface area (Å²) in [6, 6.07) is 2.02. The van der Waals surface area contributed by atoms with Crippen molar-refractivity contribution in [3.63, 3.8) is 0 Å². The third kappa shape index (κ3) is 3.10. The van der Waals surface area contributed by atoms with Crippen molar-refractivity contribution in [1.29, 1.82) is 5.26 Å². The minimum Gasteiger partial charge on any atom is -0.456 e. The van der Waals surface area contributed by atoms with Crippen LogP contribution in [0.3, 0.4) is 0 Å². The van der Waals surface area contributed by atoms with Gasteiger partial charge in [-0.3, -0.25) is 9.48 Å². The molecule has 5 nitrogen and oxygen atoms in total. The topological polar surface area (TPSA) is 67.9 Å². The number of rotatable bonds is 5. The van der Waals surface area contributed by atoms with E-state index in [4.69, 9.17) is 10.00 Å². The zero-order chi connectivity index (χ0) is 13.7. The van der Waals surface area contributed by atoms with Gasteiger partial charge in [0, 0.05) is 13.5 Å². The van der Waals surface area contributed by atoms with Crippen LogP contribution in [0.1, 0.15) is 51.1 Å². The lowest BCUT2D eigenvalue weighted by Gasteiger charge is -2.18. The first-order chi connectivity index (χ1) is 8.54. The highest BCUT2D eigenvalue weighted by atomic mass is 79.9. The molecule has 0 bridgehead atoms. The monoisotopic (exact) mass is 313 g/mol. The standard InChI is InChI=1S/C12H16BrN3O2/c1-4-6-10(18-8(3)17)12-11(13)9(7-14)15-16(12)5-2/h10H,4-6H2,1-3H3. The van der Waals surface area contributed by atoms with Crippen molar-refractivity contribution in [3.05, 3.63) is 15.9 Å². The minimum atomic E-state index is -0.364. The van der Waals surface area contributed by atoms with Gasteiger partial charge in [-0.2, -0.15) is 10.4 Å². The smallest absolute Gasteiger partial charge is 0.303 e. The number of esters is 1. The van der Waals surface area contributed by atoms with Gasteiger partial charge < -0.3 is 4.74 Å². The second-order valence-corrected chi connectivity index (χ2v) is 4.66. The Kier molecular flexibility index (Phi) is 5.35. The maximum atomic E-state index is 11.2.